The first kappa shape index (κ1) is 12.7. The number of aliphatic hydroxyl groups excluding tert-OH is 1. The zero-order chi connectivity index (χ0) is 11.9. The first-order valence-electron chi connectivity index (χ1n) is 4.35. The molecule has 1 saturated heterocycles. The van der Waals surface area contributed by atoms with Crippen LogP contribution in [0.25, 0.3) is 0 Å². The minimum atomic E-state index is -4.78. The lowest BCUT2D eigenvalue weighted by Crippen LogP contribution is -2.41. The molecular formula is C7H12F3NO3S. The standard InChI is InChI=1S/C7H12F3NO3S/c1-5-2-11(15(13,14)4-5)3-6(12)7(8,9)10/h5-6,12H,2-4H2,1H3. The van der Waals surface area contributed by atoms with Gasteiger partial charge >= 0.3 is 6.18 Å². The van der Waals surface area contributed by atoms with Gasteiger partial charge in [-0.3, -0.25) is 0 Å². The number of hydrogen-bond donors (Lipinski definition) is 1. The summed E-state index contributed by atoms with van der Waals surface area (Å²) in [6.07, 6.45) is -7.39. The normalized spacial score (nSPS) is 29.3. The Morgan fingerprint density at radius 2 is 2.07 bits per heavy atom. The fraction of sp³-hybridized carbons (Fsp3) is 1.00. The Morgan fingerprint density at radius 3 is 2.40 bits per heavy atom. The van der Waals surface area contributed by atoms with Crippen molar-refractivity contribution in [2.45, 2.75) is 19.2 Å². The molecule has 0 amide bonds. The molecule has 1 N–H and O–H groups in total. The molecule has 0 aromatic carbocycles. The number of β-amino-alcohol motifs (C(OH)–C–C–N with tert-alkyl or cyclic N) is 1. The number of halogens is 3. The minimum absolute atomic E-state index is 0.0372. The summed E-state index contributed by atoms with van der Waals surface area (Å²) >= 11 is 0. The molecule has 0 spiro atoms. The second-order valence-electron chi connectivity index (χ2n) is 3.76. The summed E-state index contributed by atoms with van der Waals surface area (Å²) < 4.78 is 59.2. The number of nitrogens with zero attached hydrogens (tertiary/aromatic N) is 1. The number of rotatable bonds is 2. The van der Waals surface area contributed by atoms with Gasteiger partial charge in [-0.2, -0.15) is 17.5 Å². The third-order valence-electron chi connectivity index (χ3n) is 2.16. The van der Waals surface area contributed by atoms with Crippen molar-refractivity contribution in [3.8, 4) is 0 Å². The fourth-order valence-electron chi connectivity index (χ4n) is 1.46. The molecular weight excluding hydrogens is 235 g/mol. The summed E-state index contributed by atoms with van der Waals surface area (Å²) in [5.41, 5.74) is 0. The molecule has 1 rings (SSSR count). The second kappa shape index (κ2) is 3.91. The third kappa shape index (κ3) is 3.05. The van der Waals surface area contributed by atoms with Crippen molar-refractivity contribution in [2.75, 3.05) is 18.8 Å². The van der Waals surface area contributed by atoms with Crippen LogP contribution >= 0.6 is 0 Å². The molecule has 8 heteroatoms. The van der Waals surface area contributed by atoms with Crippen molar-refractivity contribution >= 4 is 10.0 Å². The Kier molecular flexibility index (Phi) is 3.32. The van der Waals surface area contributed by atoms with Crippen molar-refractivity contribution in [3.05, 3.63) is 0 Å². The van der Waals surface area contributed by atoms with Gasteiger partial charge in [0, 0.05) is 13.1 Å². The second-order valence-corrected chi connectivity index (χ2v) is 5.77. The highest BCUT2D eigenvalue weighted by Gasteiger charge is 2.43. The van der Waals surface area contributed by atoms with E-state index in [1.54, 1.807) is 6.92 Å². The van der Waals surface area contributed by atoms with E-state index >= 15 is 0 Å². The molecule has 0 bridgehead atoms. The predicted octanol–water partition coefficient (Wildman–Crippen LogP) is 0.191. The fourth-order valence-corrected chi connectivity index (χ4v) is 3.35. The van der Waals surface area contributed by atoms with Gasteiger partial charge < -0.3 is 5.11 Å². The maximum absolute atomic E-state index is 12.0. The predicted molar refractivity (Wildman–Crippen MR) is 46.6 cm³/mol. The molecule has 1 fully saturated rings. The number of alkyl halides is 3. The Labute approximate surface area is 85.7 Å². The summed E-state index contributed by atoms with van der Waals surface area (Å²) in [7, 11) is -3.62. The van der Waals surface area contributed by atoms with Crippen molar-refractivity contribution in [1.82, 2.24) is 4.31 Å². The van der Waals surface area contributed by atoms with Crippen LogP contribution in [0.3, 0.4) is 0 Å². The molecule has 0 saturated carbocycles. The maximum Gasteiger partial charge on any atom is 0.415 e. The van der Waals surface area contributed by atoms with Gasteiger partial charge in [-0.15, -0.1) is 0 Å². The Bertz CT molecular complexity index is 327. The zero-order valence-electron chi connectivity index (χ0n) is 8.03. The van der Waals surface area contributed by atoms with Gasteiger partial charge in [-0.25, -0.2) is 8.42 Å². The van der Waals surface area contributed by atoms with Crippen LogP contribution in [0.4, 0.5) is 13.2 Å². The highest BCUT2D eigenvalue weighted by atomic mass is 32.2. The molecule has 2 atom stereocenters. The van der Waals surface area contributed by atoms with E-state index in [2.05, 4.69) is 0 Å². The highest BCUT2D eigenvalue weighted by molar-refractivity contribution is 7.89. The van der Waals surface area contributed by atoms with Gasteiger partial charge in [0.15, 0.2) is 6.10 Å². The summed E-state index contributed by atoms with van der Waals surface area (Å²) in [6.45, 7) is 0.767. The zero-order valence-corrected chi connectivity index (χ0v) is 8.85. The van der Waals surface area contributed by atoms with E-state index in [1.165, 1.54) is 0 Å². The summed E-state index contributed by atoms with van der Waals surface area (Å²) in [5.74, 6) is -0.354. The third-order valence-corrected chi connectivity index (χ3v) is 4.23. The van der Waals surface area contributed by atoms with Crippen LogP contribution in [-0.4, -0.2) is 49.0 Å². The average Bonchev–Trinajstić information content (AvgIpc) is 2.22. The largest absolute Gasteiger partial charge is 0.415 e. The monoisotopic (exact) mass is 247 g/mol. The van der Waals surface area contributed by atoms with Crippen molar-refractivity contribution in [1.29, 1.82) is 0 Å². The first-order valence-corrected chi connectivity index (χ1v) is 5.96. The molecule has 0 radical (unpaired) electrons. The van der Waals surface area contributed by atoms with Crippen LogP contribution in [-0.2, 0) is 10.0 Å². The summed E-state index contributed by atoms with van der Waals surface area (Å²) in [4.78, 5) is 0. The number of sulfonamides is 1. The van der Waals surface area contributed by atoms with Crippen LogP contribution in [0.5, 0.6) is 0 Å². The minimum Gasteiger partial charge on any atom is -0.382 e. The smallest absolute Gasteiger partial charge is 0.382 e. The van der Waals surface area contributed by atoms with E-state index in [9.17, 15) is 21.6 Å². The molecule has 2 unspecified atom stereocenters. The van der Waals surface area contributed by atoms with E-state index < -0.39 is 28.8 Å². The van der Waals surface area contributed by atoms with E-state index in [0.717, 1.165) is 0 Å². The van der Waals surface area contributed by atoms with Crippen LogP contribution in [0, 0.1) is 5.92 Å². The lowest BCUT2D eigenvalue weighted by molar-refractivity contribution is -0.205. The molecule has 1 aliphatic rings. The molecule has 1 heterocycles. The van der Waals surface area contributed by atoms with E-state index in [4.69, 9.17) is 5.11 Å². The van der Waals surface area contributed by atoms with Gasteiger partial charge in [0.25, 0.3) is 0 Å². The van der Waals surface area contributed by atoms with Crippen LogP contribution in [0.15, 0.2) is 0 Å². The Hall–Kier alpha value is -0.340. The molecule has 90 valence electrons. The van der Waals surface area contributed by atoms with Crippen LogP contribution in [0.1, 0.15) is 6.92 Å². The van der Waals surface area contributed by atoms with Crippen molar-refractivity contribution in [3.63, 3.8) is 0 Å². The summed E-state index contributed by atoms with van der Waals surface area (Å²) in [5, 5.41) is 8.73. The molecule has 0 aliphatic carbocycles. The van der Waals surface area contributed by atoms with Gasteiger partial charge in [0.05, 0.1) is 5.75 Å². The van der Waals surface area contributed by atoms with E-state index in [1.807, 2.05) is 0 Å². The molecule has 4 nitrogen and oxygen atoms in total. The lowest BCUT2D eigenvalue weighted by Gasteiger charge is -2.20. The van der Waals surface area contributed by atoms with Gasteiger partial charge in [-0.1, -0.05) is 6.92 Å². The van der Waals surface area contributed by atoms with Crippen LogP contribution in [0.2, 0.25) is 0 Å². The van der Waals surface area contributed by atoms with Crippen molar-refractivity contribution in [2.24, 2.45) is 5.92 Å². The Balaban J connectivity index is 2.68. The summed E-state index contributed by atoms with van der Waals surface area (Å²) in [6, 6.07) is 0. The van der Waals surface area contributed by atoms with Gasteiger partial charge in [0.2, 0.25) is 10.0 Å². The maximum atomic E-state index is 12.0. The molecule has 1 aliphatic heterocycles. The van der Waals surface area contributed by atoms with Crippen molar-refractivity contribution < 1.29 is 26.7 Å². The SMILES string of the molecule is CC1CN(CC(O)C(F)(F)F)S(=O)(=O)C1. The van der Waals surface area contributed by atoms with E-state index in [-0.39, 0.29) is 18.2 Å². The number of hydrogen-bond acceptors (Lipinski definition) is 3. The topological polar surface area (TPSA) is 57.6 Å². The van der Waals surface area contributed by atoms with Gasteiger partial charge in [-0.05, 0) is 5.92 Å². The lowest BCUT2D eigenvalue weighted by atomic mass is 10.2. The van der Waals surface area contributed by atoms with E-state index in [0.29, 0.717) is 4.31 Å². The molecule has 15 heavy (non-hydrogen) atoms. The van der Waals surface area contributed by atoms with Crippen LogP contribution < -0.4 is 0 Å². The Morgan fingerprint density at radius 1 is 1.53 bits per heavy atom. The highest BCUT2D eigenvalue weighted by Crippen LogP contribution is 2.25. The molecule has 0 aromatic rings. The number of aliphatic hydroxyl groups is 1. The van der Waals surface area contributed by atoms with Gasteiger partial charge in [0.1, 0.15) is 0 Å². The molecule has 0 aromatic heterocycles. The first-order chi connectivity index (χ1) is 6.63. The quantitative estimate of drug-likeness (QED) is 0.758. The average molecular weight is 247 g/mol.